The molecule has 104 valence electrons. The van der Waals surface area contributed by atoms with Crippen LogP contribution in [-0.4, -0.2) is 30.1 Å². The van der Waals surface area contributed by atoms with Gasteiger partial charge in [0.15, 0.2) is 0 Å². The van der Waals surface area contributed by atoms with Crippen molar-refractivity contribution in [1.82, 2.24) is 10.2 Å². The number of rotatable bonds is 2. The van der Waals surface area contributed by atoms with Crippen molar-refractivity contribution in [3.05, 3.63) is 34.3 Å². The van der Waals surface area contributed by atoms with Crippen molar-refractivity contribution in [3.8, 4) is 0 Å². The van der Waals surface area contributed by atoms with Crippen LogP contribution in [0.25, 0.3) is 0 Å². The van der Waals surface area contributed by atoms with Crippen molar-refractivity contribution in [1.29, 1.82) is 0 Å². The van der Waals surface area contributed by atoms with Gasteiger partial charge in [-0.3, -0.25) is 4.90 Å². The summed E-state index contributed by atoms with van der Waals surface area (Å²) in [6, 6.07) is 10.2. The first kappa shape index (κ1) is 13.6. The number of hydrogen-bond donors (Lipinski definition) is 1. The van der Waals surface area contributed by atoms with Crippen LogP contribution in [0.1, 0.15) is 37.7 Å². The second-order valence-corrected chi connectivity index (χ2v) is 6.78. The van der Waals surface area contributed by atoms with Gasteiger partial charge in [-0.25, -0.2) is 0 Å². The maximum absolute atomic E-state index is 3.74. The number of nitrogens with zero attached hydrogens (tertiary/aromatic N) is 1. The predicted molar refractivity (Wildman–Crippen MR) is 83.2 cm³/mol. The zero-order valence-electron chi connectivity index (χ0n) is 11.4. The van der Waals surface area contributed by atoms with Gasteiger partial charge in [0.05, 0.1) is 0 Å². The van der Waals surface area contributed by atoms with Crippen molar-refractivity contribution in [2.24, 2.45) is 0 Å². The fourth-order valence-corrected chi connectivity index (χ4v) is 4.03. The Labute approximate surface area is 124 Å². The Bertz CT molecular complexity index is 421. The van der Waals surface area contributed by atoms with Crippen molar-refractivity contribution < 1.29 is 0 Å². The molecule has 0 saturated carbocycles. The second kappa shape index (κ2) is 6.38. The van der Waals surface area contributed by atoms with Gasteiger partial charge in [0.2, 0.25) is 0 Å². The van der Waals surface area contributed by atoms with Crippen LogP contribution in [0.5, 0.6) is 0 Å². The van der Waals surface area contributed by atoms with Gasteiger partial charge < -0.3 is 5.32 Å². The average Bonchev–Trinajstić information content (AvgIpc) is 2.62. The van der Waals surface area contributed by atoms with Crippen LogP contribution < -0.4 is 5.32 Å². The number of likely N-dealkylation sites (tertiary alicyclic amines) is 1. The van der Waals surface area contributed by atoms with E-state index in [0.717, 1.165) is 18.6 Å². The fraction of sp³-hybridized carbons (Fsp3) is 0.625. The van der Waals surface area contributed by atoms with Crippen LogP contribution in [0.15, 0.2) is 28.7 Å². The second-order valence-electron chi connectivity index (χ2n) is 5.87. The summed E-state index contributed by atoms with van der Waals surface area (Å²) in [6.07, 6.45) is 6.79. The first-order valence-corrected chi connectivity index (χ1v) is 8.34. The van der Waals surface area contributed by atoms with Gasteiger partial charge in [-0.2, -0.15) is 0 Å². The first-order valence-electron chi connectivity index (χ1n) is 7.55. The highest BCUT2D eigenvalue weighted by Gasteiger charge is 2.31. The minimum Gasteiger partial charge on any atom is -0.312 e. The van der Waals surface area contributed by atoms with E-state index in [2.05, 4.69) is 50.4 Å². The minimum absolute atomic E-state index is 0.725. The molecule has 0 bridgehead atoms. The lowest BCUT2D eigenvalue weighted by Gasteiger charge is -2.39. The smallest absolute Gasteiger partial charge is 0.0253 e. The molecular formula is C16H23BrN2. The number of benzene rings is 1. The van der Waals surface area contributed by atoms with Gasteiger partial charge in [0.1, 0.15) is 0 Å². The van der Waals surface area contributed by atoms with Crippen LogP contribution in [-0.2, 0) is 6.54 Å². The molecule has 2 aliphatic rings. The number of hydrogen-bond acceptors (Lipinski definition) is 2. The Kier molecular flexibility index (Phi) is 4.57. The van der Waals surface area contributed by atoms with E-state index in [1.54, 1.807) is 0 Å². The molecule has 0 aromatic heterocycles. The SMILES string of the molecule is Brc1cccc(CN2CCCC[C@@H]3NCCC[C@@H]32)c1. The van der Waals surface area contributed by atoms with E-state index in [0.29, 0.717) is 0 Å². The van der Waals surface area contributed by atoms with E-state index in [1.807, 2.05) is 0 Å². The summed E-state index contributed by atoms with van der Waals surface area (Å²) in [5.74, 6) is 0. The topological polar surface area (TPSA) is 15.3 Å². The number of piperidine rings is 1. The normalized spacial score (nSPS) is 28.7. The number of halogens is 1. The Balaban J connectivity index is 1.73. The Morgan fingerprint density at radius 2 is 2.16 bits per heavy atom. The molecule has 1 aromatic rings. The largest absolute Gasteiger partial charge is 0.312 e. The summed E-state index contributed by atoms with van der Waals surface area (Å²) in [5, 5.41) is 3.74. The summed E-state index contributed by atoms with van der Waals surface area (Å²) in [6.45, 7) is 3.57. The molecule has 2 aliphatic heterocycles. The fourth-order valence-electron chi connectivity index (χ4n) is 3.58. The summed E-state index contributed by atoms with van der Waals surface area (Å²) >= 11 is 3.58. The van der Waals surface area contributed by atoms with Gasteiger partial charge in [-0.1, -0.05) is 34.5 Å². The van der Waals surface area contributed by atoms with Crippen LogP contribution in [0, 0.1) is 0 Å². The molecule has 0 spiro atoms. The quantitative estimate of drug-likeness (QED) is 0.895. The van der Waals surface area contributed by atoms with E-state index in [9.17, 15) is 0 Å². The Hall–Kier alpha value is -0.380. The highest BCUT2D eigenvalue weighted by molar-refractivity contribution is 9.10. The summed E-state index contributed by atoms with van der Waals surface area (Å²) in [5.41, 5.74) is 1.43. The van der Waals surface area contributed by atoms with Crippen LogP contribution >= 0.6 is 15.9 Å². The first-order chi connectivity index (χ1) is 9.33. The Morgan fingerprint density at radius 1 is 1.21 bits per heavy atom. The third-order valence-corrected chi connectivity index (χ3v) is 5.00. The average molecular weight is 323 g/mol. The highest BCUT2D eigenvalue weighted by Crippen LogP contribution is 2.26. The Morgan fingerprint density at radius 3 is 3.05 bits per heavy atom. The third-order valence-electron chi connectivity index (χ3n) is 4.50. The van der Waals surface area contributed by atoms with Crippen molar-refractivity contribution in [3.63, 3.8) is 0 Å². The van der Waals surface area contributed by atoms with Gasteiger partial charge in [0, 0.05) is 23.1 Å². The van der Waals surface area contributed by atoms with Gasteiger partial charge in [-0.15, -0.1) is 0 Å². The molecule has 1 aromatic carbocycles. The van der Waals surface area contributed by atoms with Crippen molar-refractivity contribution >= 4 is 15.9 Å². The van der Waals surface area contributed by atoms with E-state index in [1.165, 1.54) is 55.2 Å². The maximum Gasteiger partial charge on any atom is 0.0253 e. The summed E-state index contributed by atoms with van der Waals surface area (Å²) in [7, 11) is 0. The van der Waals surface area contributed by atoms with Gasteiger partial charge in [-0.05, 0) is 56.5 Å². The molecule has 0 unspecified atom stereocenters. The lowest BCUT2D eigenvalue weighted by molar-refractivity contribution is 0.132. The molecule has 0 radical (unpaired) electrons. The predicted octanol–water partition coefficient (Wildman–Crippen LogP) is 3.56. The van der Waals surface area contributed by atoms with Crippen LogP contribution in [0.3, 0.4) is 0 Å². The zero-order chi connectivity index (χ0) is 13.1. The molecular weight excluding hydrogens is 300 g/mol. The molecule has 0 aliphatic carbocycles. The standard InChI is InChI=1S/C16H23BrN2/c17-14-6-3-5-13(11-14)12-19-10-2-1-7-15-16(19)8-4-9-18-15/h3,5-6,11,15-16,18H,1-2,4,7-10,12H2/t15-,16-/m0/s1. The van der Waals surface area contributed by atoms with Gasteiger partial charge >= 0.3 is 0 Å². The van der Waals surface area contributed by atoms with E-state index >= 15 is 0 Å². The molecule has 19 heavy (non-hydrogen) atoms. The molecule has 1 N–H and O–H groups in total. The van der Waals surface area contributed by atoms with E-state index in [4.69, 9.17) is 0 Å². The summed E-state index contributed by atoms with van der Waals surface area (Å²) in [4.78, 5) is 2.71. The monoisotopic (exact) mass is 322 g/mol. The van der Waals surface area contributed by atoms with Crippen molar-refractivity contribution in [2.75, 3.05) is 13.1 Å². The number of fused-ring (bicyclic) bond motifs is 1. The lowest BCUT2D eigenvalue weighted by atomic mass is 9.94. The minimum atomic E-state index is 0.725. The van der Waals surface area contributed by atoms with E-state index < -0.39 is 0 Å². The molecule has 2 atom stereocenters. The molecule has 0 amide bonds. The zero-order valence-corrected chi connectivity index (χ0v) is 13.0. The van der Waals surface area contributed by atoms with Crippen molar-refractivity contribution in [2.45, 2.75) is 50.7 Å². The van der Waals surface area contributed by atoms with Crippen LogP contribution in [0.4, 0.5) is 0 Å². The molecule has 2 fully saturated rings. The molecule has 2 nitrogen and oxygen atoms in total. The molecule has 3 heteroatoms. The summed E-state index contributed by atoms with van der Waals surface area (Å²) < 4.78 is 1.19. The third kappa shape index (κ3) is 3.39. The van der Waals surface area contributed by atoms with Gasteiger partial charge in [0.25, 0.3) is 0 Å². The molecule has 3 rings (SSSR count). The molecule has 2 heterocycles. The maximum atomic E-state index is 3.74. The highest BCUT2D eigenvalue weighted by atomic mass is 79.9. The lowest BCUT2D eigenvalue weighted by Crippen LogP contribution is -2.52. The van der Waals surface area contributed by atoms with E-state index in [-0.39, 0.29) is 0 Å². The number of nitrogens with one attached hydrogen (secondary N) is 1. The van der Waals surface area contributed by atoms with Crippen LogP contribution in [0.2, 0.25) is 0 Å². The molecule has 2 saturated heterocycles.